The number of hydrogen-bond donors (Lipinski definition) is 0. The van der Waals surface area contributed by atoms with E-state index in [2.05, 4.69) is 0 Å². The molecule has 0 spiro atoms. The van der Waals surface area contributed by atoms with E-state index < -0.39 is 40.5 Å². The number of ketones is 1. The largest absolute Gasteiger partial charge is 0.418 e. The molecule has 0 saturated heterocycles. The number of carbonyl (C=O) groups excluding carboxylic acids is 1. The molecule has 0 atom stereocenters. The summed E-state index contributed by atoms with van der Waals surface area (Å²) in [6, 6.07) is 4.01. The molecule has 2 nitrogen and oxygen atoms in total. The highest BCUT2D eigenvalue weighted by atomic mass is 19.4. The number of nitrogens with zero attached hydrogens (tertiary/aromatic N) is 1. The van der Waals surface area contributed by atoms with E-state index >= 15 is 0 Å². The predicted octanol–water partition coefficient (Wildman–Crippen LogP) is 4.29. The van der Waals surface area contributed by atoms with Crippen LogP contribution in [0.2, 0.25) is 0 Å². The van der Waals surface area contributed by atoms with Gasteiger partial charge in [-0.15, -0.1) is 0 Å². The first-order valence-corrected chi connectivity index (χ1v) is 5.96. The molecule has 118 valence electrons. The van der Waals surface area contributed by atoms with Gasteiger partial charge in [0.2, 0.25) is 5.78 Å². The third kappa shape index (κ3) is 3.00. The Morgan fingerprint density at radius 3 is 2.18 bits per heavy atom. The van der Waals surface area contributed by atoms with Crippen LogP contribution in [0.5, 0.6) is 0 Å². The molecular formula is C14H9F6NO. The molecule has 0 aliphatic carbocycles. The van der Waals surface area contributed by atoms with Gasteiger partial charge in [0.05, 0.1) is 11.1 Å². The fraction of sp³-hybridized carbons (Fsp3) is 0.214. The molecule has 0 bridgehead atoms. The maximum absolute atomic E-state index is 12.9. The van der Waals surface area contributed by atoms with Crippen LogP contribution in [0, 0.1) is 0 Å². The quantitative estimate of drug-likeness (QED) is 0.597. The average molecular weight is 321 g/mol. The van der Waals surface area contributed by atoms with Crippen molar-refractivity contribution in [1.82, 2.24) is 4.57 Å². The molecule has 0 unspecified atom stereocenters. The second-order valence-corrected chi connectivity index (χ2v) is 4.59. The minimum Gasteiger partial charge on any atom is -0.347 e. The van der Waals surface area contributed by atoms with E-state index in [1.807, 2.05) is 0 Å². The summed E-state index contributed by atoms with van der Waals surface area (Å²) in [6.07, 6.45) is -8.42. The maximum Gasteiger partial charge on any atom is 0.418 e. The SMILES string of the molecule is Cn1ccc(C(F)(F)F)c1C(=O)c1cccc(C(F)(F)F)c1. The number of benzene rings is 1. The minimum atomic E-state index is -4.77. The van der Waals surface area contributed by atoms with E-state index in [-0.39, 0.29) is 0 Å². The first kappa shape index (κ1) is 16.1. The van der Waals surface area contributed by atoms with Crippen LogP contribution < -0.4 is 0 Å². The second kappa shape index (κ2) is 5.19. The Morgan fingerprint density at radius 1 is 1.00 bits per heavy atom. The molecule has 1 heterocycles. The van der Waals surface area contributed by atoms with Crippen LogP contribution in [0.1, 0.15) is 27.2 Å². The van der Waals surface area contributed by atoms with E-state index in [4.69, 9.17) is 0 Å². The van der Waals surface area contributed by atoms with Crippen LogP contribution in [0.25, 0.3) is 0 Å². The molecule has 0 N–H and O–H groups in total. The van der Waals surface area contributed by atoms with Gasteiger partial charge in [-0.05, 0) is 18.2 Å². The van der Waals surface area contributed by atoms with Crippen molar-refractivity contribution in [3.63, 3.8) is 0 Å². The van der Waals surface area contributed by atoms with Crippen molar-refractivity contribution in [2.75, 3.05) is 0 Å². The predicted molar refractivity (Wildman–Crippen MR) is 65.3 cm³/mol. The van der Waals surface area contributed by atoms with Crippen LogP contribution >= 0.6 is 0 Å². The zero-order chi connectivity index (χ0) is 16.7. The summed E-state index contributed by atoms with van der Waals surface area (Å²) in [6.45, 7) is 0. The number of rotatable bonds is 2. The van der Waals surface area contributed by atoms with Crippen molar-refractivity contribution in [3.05, 3.63) is 58.9 Å². The molecule has 2 rings (SSSR count). The van der Waals surface area contributed by atoms with Crippen molar-refractivity contribution in [1.29, 1.82) is 0 Å². The normalized spacial score (nSPS) is 12.5. The lowest BCUT2D eigenvalue weighted by Gasteiger charge is -2.11. The van der Waals surface area contributed by atoms with Gasteiger partial charge in [-0.3, -0.25) is 4.79 Å². The van der Waals surface area contributed by atoms with Crippen LogP contribution in [-0.2, 0) is 19.4 Å². The lowest BCUT2D eigenvalue weighted by Crippen LogP contribution is -2.16. The molecule has 0 aliphatic heterocycles. The van der Waals surface area contributed by atoms with Crippen molar-refractivity contribution in [2.45, 2.75) is 12.4 Å². The fourth-order valence-electron chi connectivity index (χ4n) is 2.01. The lowest BCUT2D eigenvalue weighted by molar-refractivity contribution is -0.138. The van der Waals surface area contributed by atoms with Gasteiger partial charge in [0.1, 0.15) is 5.69 Å². The third-order valence-corrected chi connectivity index (χ3v) is 3.05. The number of aryl methyl sites for hydroxylation is 1. The summed E-state index contributed by atoms with van der Waals surface area (Å²) >= 11 is 0. The van der Waals surface area contributed by atoms with Gasteiger partial charge < -0.3 is 4.57 Å². The van der Waals surface area contributed by atoms with Crippen LogP contribution in [-0.4, -0.2) is 10.4 Å². The second-order valence-electron chi connectivity index (χ2n) is 4.59. The fourth-order valence-corrected chi connectivity index (χ4v) is 2.01. The highest BCUT2D eigenvalue weighted by Gasteiger charge is 2.38. The number of aromatic nitrogens is 1. The first-order chi connectivity index (χ1) is 10.0. The molecule has 0 aliphatic rings. The van der Waals surface area contributed by atoms with Gasteiger partial charge >= 0.3 is 12.4 Å². The smallest absolute Gasteiger partial charge is 0.347 e. The van der Waals surface area contributed by atoms with Gasteiger partial charge in [0.25, 0.3) is 0 Å². The zero-order valence-electron chi connectivity index (χ0n) is 11.1. The lowest BCUT2D eigenvalue weighted by atomic mass is 10.0. The van der Waals surface area contributed by atoms with Gasteiger partial charge in [-0.1, -0.05) is 12.1 Å². The highest BCUT2D eigenvalue weighted by molar-refractivity contribution is 6.09. The molecule has 22 heavy (non-hydrogen) atoms. The molecule has 0 fully saturated rings. The van der Waals surface area contributed by atoms with E-state index in [0.717, 1.165) is 29.0 Å². The van der Waals surface area contributed by atoms with E-state index in [0.29, 0.717) is 12.1 Å². The Hall–Kier alpha value is -2.25. The standard InChI is InChI=1S/C14H9F6NO/c1-21-6-5-10(14(18,19)20)11(21)12(22)8-3-2-4-9(7-8)13(15,16)17/h2-7H,1H3. The number of halogens is 6. The Bertz CT molecular complexity index is 711. The first-order valence-electron chi connectivity index (χ1n) is 5.96. The molecular weight excluding hydrogens is 312 g/mol. The van der Waals surface area contributed by atoms with Gasteiger partial charge in [0, 0.05) is 18.8 Å². The Labute approximate surface area is 121 Å². The van der Waals surface area contributed by atoms with E-state index in [1.54, 1.807) is 0 Å². The molecule has 0 amide bonds. The highest BCUT2D eigenvalue weighted by Crippen LogP contribution is 2.34. The third-order valence-electron chi connectivity index (χ3n) is 3.05. The molecule has 0 radical (unpaired) electrons. The van der Waals surface area contributed by atoms with Crippen molar-refractivity contribution >= 4 is 5.78 Å². The minimum absolute atomic E-state index is 0.456. The number of alkyl halides is 6. The zero-order valence-corrected chi connectivity index (χ0v) is 11.1. The topological polar surface area (TPSA) is 22.0 Å². The van der Waals surface area contributed by atoms with Crippen LogP contribution in [0.15, 0.2) is 36.5 Å². The van der Waals surface area contributed by atoms with Crippen LogP contribution in [0.4, 0.5) is 26.3 Å². The van der Waals surface area contributed by atoms with Crippen molar-refractivity contribution in [2.24, 2.45) is 7.05 Å². The van der Waals surface area contributed by atoms with Crippen molar-refractivity contribution < 1.29 is 31.1 Å². The molecule has 1 aromatic heterocycles. The van der Waals surface area contributed by atoms with Gasteiger partial charge in [-0.25, -0.2) is 0 Å². The molecule has 1 aromatic carbocycles. The van der Waals surface area contributed by atoms with Gasteiger partial charge in [0.15, 0.2) is 0 Å². The summed E-state index contributed by atoms with van der Waals surface area (Å²) < 4.78 is 77.4. The molecule has 8 heteroatoms. The summed E-state index contributed by atoms with van der Waals surface area (Å²) in [7, 11) is 1.22. The average Bonchev–Trinajstić information content (AvgIpc) is 2.79. The Balaban J connectivity index is 2.53. The number of carbonyl (C=O) groups is 1. The number of hydrogen-bond acceptors (Lipinski definition) is 1. The summed E-state index contributed by atoms with van der Waals surface area (Å²) in [5.41, 5.74) is -3.44. The summed E-state index contributed by atoms with van der Waals surface area (Å²) in [5.74, 6) is -1.12. The van der Waals surface area contributed by atoms with Crippen LogP contribution in [0.3, 0.4) is 0 Å². The van der Waals surface area contributed by atoms with E-state index in [9.17, 15) is 31.1 Å². The molecule has 2 aromatic rings. The monoisotopic (exact) mass is 321 g/mol. The Morgan fingerprint density at radius 2 is 1.64 bits per heavy atom. The summed E-state index contributed by atoms with van der Waals surface area (Å²) in [4.78, 5) is 12.2. The maximum atomic E-state index is 12.9. The van der Waals surface area contributed by atoms with E-state index in [1.165, 1.54) is 7.05 Å². The van der Waals surface area contributed by atoms with Crippen molar-refractivity contribution in [3.8, 4) is 0 Å². The van der Waals surface area contributed by atoms with Gasteiger partial charge in [-0.2, -0.15) is 26.3 Å². The Kier molecular flexibility index (Phi) is 3.80. The summed E-state index contributed by atoms with van der Waals surface area (Å²) in [5, 5.41) is 0. The molecule has 0 saturated carbocycles.